The Morgan fingerprint density at radius 2 is 2.00 bits per heavy atom. The van der Waals surface area contributed by atoms with Gasteiger partial charge in [-0.15, -0.1) is 11.3 Å². The molecule has 6 nitrogen and oxygen atoms in total. The first kappa shape index (κ1) is 20.9. The molecule has 156 valence electrons. The second-order valence-corrected chi connectivity index (χ2v) is 9.16. The van der Waals surface area contributed by atoms with Crippen LogP contribution in [0.3, 0.4) is 0 Å². The van der Waals surface area contributed by atoms with Gasteiger partial charge in [-0.25, -0.2) is 0 Å². The number of benzene rings is 1. The molecule has 0 spiro atoms. The second kappa shape index (κ2) is 9.17. The van der Waals surface area contributed by atoms with E-state index in [1.807, 2.05) is 4.90 Å². The molecule has 8 heteroatoms. The summed E-state index contributed by atoms with van der Waals surface area (Å²) in [6, 6.07) is 9.27. The number of nitriles is 1. The Bertz CT molecular complexity index is 1010. The summed E-state index contributed by atoms with van der Waals surface area (Å²) in [5, 5.41) is 13.6. The molecular weight excluding hydrogens is 420 g/mol. The third-order valence-electron chi connectivity index (χ3n) is 5.67. The number of anilines is 1. The van der Waals surface area contributed by atoms with Gasteiger partial charge in [0.1, 0.15) is 11.1 Å². The largest absolute Gasteiger partial charge is 0.336 e. The lowest BCUT2D eigenvalue weighted by Gasteiger charge is -2.34. The van der Waals surface area contributed by atoms with Crippen molar-refractivity contribution in [2.24, 2.45) is 0 Å². The topological polar surface area (TPSA) is 76.4 Å². The van der Waals surface area contributed by atoms with Crippen LogP contribution in [0.1, 0.15) is 39.2 Å². The Morgan fingerprint density at radius 1 is 1.20 bits per heavy atom. The number of aryl methyl sites for hydroxylation is 1. The fourth-order valence-corrected chi connectivity index (χ4v) is 5.48. The van der Waals surface area contributed by atoms with Crippen LogP contribution in [0, 0.1) is 11.3 Å². The highest BCUT2D eigenvalue weighted by Gasteiger charge is 2.24. The first-order chi connectivity index (χ1) is 14.5. The maximum atomic E-state index is 12.6. The van der Waals surface area contributed by atoms with E-state index in [0.717, 1.165) is 37.9 Å². The van der Waals surface area contributed by atoms with E-state index < -0.39 is 0 Å². The summed E-state index contributed by atoms with van der Waals surface area (Å²) in [5.74, 6) is -0.0754. The van der Waals surface area contributed by atoms with Crippen LogP contribution in [0.25, 0.3) is 0 Å². The number of carbonyl (C=O) groups excluding carboxylic acids is 2. The van der Waals surface area contributed by atoms with Crippen molar-refractivity contribution in [2.45, 2.75) is 25.7 Å². The SMILES string of the molecule is N#Cc1c(NC(=O)CCN2CCN(C(=O)c3cccc(Cl)c3)CC2)sc2c1CCC2. The zero-order chi connectivity index (χ0) is 21.1. The Morgan fingerprint density at radius 3 is 2.73 bits per heavy atom. The molecule has 1 saturated heterocycles. The molecule has 0 unspecified atom stereocenters. The summed E-state index contributed by atoms with van der Waals surface area (Å²) in [6.07, 6.45) is 3.40. The van der Waals surface area contributed by atoms with Crippen LogP contribution in [0.4, 0.5) is 5.00 Å². The van der Waals surface area contributed by atoms with Gasteiger partial charge in [-0.3, -0.25) is 14.5 Å². The molecule has 1 fully saturated rings. The first-order valence-electron chi connectivity index (χ1n) is 10.2. The molecule has 30 heavy (non-hydrogen) atoms. The van der Waals surface area contributed by atoms with Gasteiger partial charge in [0.05, 0.1) is 5.56 Å². The molecular formula is C22H23ClN4O2S. The van der Waals surface area contributed by atoms with Crippen molar-refractivity contribution >= 4 is 39.8 Å². The Labute approximate surface area is 185 Å². The minimum absolute atomic E-state index is 0.00956. The van der Waals surface area contributed by atoms with E-state index >= 15 is 0 Å². The lowest BCUT2D eigenvalue weighted by molar-refractivity contribution is -0.116. The van der Waals surface area contributed by atoms with Gasteiger partial charge in [0.25, 0.3) is 5.91 Å². The van der Waals surface area contributed by atoms with Crippen molar-refractivity contribution in [3.63, 3.8) is 0 Å². The predicted molar refractivity (Wildman–Crippen MR) is 118 cm³/mol. The number of piperazine rings is 1. The lowest BCUT2D eigenvalue weighted by atomic mass is 10.1. The van der Waals surface area contributed by atoms with Gasteiger partial charge >= 0.3 is 0 Å². The van der Waals surface area contributed by atoms with Crippen LogP contribution < -0.4 is 5.32 Å². The molecule has 1 aromatic carbocycles. The number of halogens is 1. The van der Waals surface area contributed by atoms with E-state index in [1.54, 1.807) is 35.6 Å². The maximum absolute atomic E-state index is 12.6. The molecule has 0 bridgehead atoms. The van der Waals surface area contributed by atoms with Crippen LogP contribution in [0.5, 0.6) is 0 Å². The Hall–Kier alpha value is -2.40. The number of hydrogen-bond acceptors (Lipinski definition) is 5. The average molecular weight is 443 g/mol. The summed E-state index contributed by atoms with van der Waals surface area (Å²) in [6.45, 7) is 3.36. The van der Waals surface area contributed by atoms with E-state index in [1.165, 1.54) is 4.88 Å². The highest BCUT2D eigenvalue weighted by Crippen LogP contribution is 2.38. The van der Waals surface area contributed by atoms with E-state index in [2.05, 4.69) is 16.3 Å². The molecule has 1 aliphatic heterocycles. The highest BCUT2D eigenvalue weighted by atomic mass is 35.5. The van der Waals surface area contributed by atoms with Crippen LogP contribution in [0.15, 0.2) is 24.3 Å². The number of nitrogens with zero attached hydrogens (tertiary/aromatic N) is 3. The van der Waals surface area contributed by atoms with Crippen molar-refractivity contribution in [2.75, 3.05) is 38.0 Å². The third kappa shape index (κ3) is 4.51. The quantitative estimate of drug-likeness (QED) is 0.768. The molecule has 1 aromatic heterocycles. The lowest BCUT2D eigenvalue weighted by Crippen LogP contribution is -2.49. The first-order valence-corrected chi connectivity index (χ1v) is 11.4. The normalized spacial score (nSPS) is 16.2. The third-order valence-corrected chi connectivity index (χ3v) is 7.11. The fourth-order valence-electron chi connectivity index (χ4n) is 4.04. The number of fused-ring (bicyclic) bond motifs is 1. The predicted octanol–water partition coefficient (Wildman–Crippen LogP) is 3.55. The van der Waals surface area contributed by atoms with Gasteiger partial charge in [0.2, 0.25) is 5.91 Å². The van der Waals surface area contributed by atoms with E-state index in [0.29, 0.717) is 47.2 Å². The number of amides is 2. The van der Waals surface area contributed by atoms with Crippen LogP contribution in [0.2, 0.25) is 5.02 Å². The summed E-state index contributed by atoms with van der Waals surface area (Å²) >= 11 is 7.53. The molecule has 0 saturated carbocycles. The summed E-state index contributed by atoms with van der Waals surface area (Å²) in [4.78, 5) is 30.3. The van der Waals surface area contributed by atoms with Gasteiger partial charge in [-0.05, 0) is 43.0 Å². The molecule has 4 rings (SSSR count). The smallest absolute Gasteiger partial charge is 0.253 e. The van der Waals surface area contributed by atoms with Crippen molar-refractivity contribution in [3.05, 3.63) is 50.9 Å². The van der Waals surface area contributed by atoms with Gasteiger partial charge in [0, 0.05) is 54.6 Å². The van der Waals surface area contributed by atoms with Gasteiger partial charge < -0.3 is 10.2 Å². The number of thiophene rings is 1. The number of carbonyl (C=O) groups is 2. The highest BCUT2D eigenvalue weighted by molar-refractivity contribution is 7.16. The molecule has 2 heterocycles. The molecule has 0 radical (unpaired) electrons. The van der Waals surface area contributed by atoms with Crippen molar-refractivity contribution in [1.82, 2.24) is 9.80 Å². The van der Waals surface area contributed by atoms with Gasteiger partial charge in [-0.2, -0.15) is 5.26 Å². The van der Waals surface area contributed by atoms with Crippen molar-refractivity contribution in [1.29, 1.82) is 5.26 Å². The van der Waals surface area contributed by atoms with Crippen LogP contribution in [-0.4, -0.2) is 54.3 Å². The Kier molecular flexibility index (Phi) is 6.38. The zero-order valence-electron chi connectivity index (χ0n) is 16.6. The van der Waals surface area contributed by atoms with Crippen molar-refractivity contribution < 1.29 is 9.59 Å². The van der Waals surface area contributed by atoms with E-state index in [9.17, 15) is 14.9 Å². The van der Waals surface area contributed by atoms with Crippen molar-refractivity contribution in [3.8, 4) is 6.07 Å². The molecule has 1 aliphatic carbocycles. The van der Waals surface area contributed by atoms with E-state index in [4.69, 9.17) is 11.6 Å². The molecule has 0 atom stereocenters. The maximum Gasteiger partial charge on any atom is 0.253 e. The summed E-state index contributed by atoms with van der Waals surface area (Å²) in [7, 11) is 0. The minimum atomic E-state index is -0.0659. The molecule has 2 aromatic rings. The fraction of sp³-hybridized carbons (Fsp3) is 0.409. The minimum Gasteiger partial charge on any atom is -0.336 e. The second-order valence-electron chi connectivity index (χ2n) is 7.62. The zero-order valence-corrected chi connectivity index (χ0v) is 18.2. The summed E-state index contributed by atoms with van der Waals surface area (Å²) in [5.41, 5.74) is 2.37. The number of hydrogen-bond donors (Lipinski definition) is 1. The molecule has 2 aliphatic rings. The van der Waals surface area contributed by atoms with Crippen LogP contribution in [-0.2, 0) is 17.6 Å². The van der Waals surface area contributed by atoms with Gasteiger partial charge in [-0.1, -0.05) is 17.7 Å². The van der Waals surface area contributed by atoms with E-state index in [-0.39, 0.29) is 11.8 Å². The number of nitrogens with one attached hydrogen (secondary N) is 1. The summed E-state index contributed by atoms with van der Waals surface area (Å²) < 4.78 is 0. The molecule has 2 amide bonds. The average Bonchev–Trinajstić information content (AvgIpc) is 3.33. The van der Waals surface area contributed by atoms with Crippen LogP contribution >= 0.6 is 22.9 Å². The monoisotopic (exact) mass is 442 g/mol. The number of rotatable bonds is 5. The van der Waals surface area contributed by atoms with Gasteiger partial charge in [0.15, 0.2) is 0 Å². The molecule has 1 N–H and O–H groups in total. The standard InChI is InChI=1S/C22H23ClN4O2S/c23-16-4-1-3-15(13-16)22(29)27-11-9-26(10-12-27)8-7-20(28)25-21-18(14-24)17-5-2-6-19(17)30-21/h1,3-4,13H,2,5-12H2,(H,25,28). The Balaban J connectivity index is 1.25.